The number of halogens is 1. The van der Waals surface area contributed by atoms with E-state index in [4.69, 9.17) is 11.6 Å². The van der Waals surface area contributed by atoms with Gasteiger partial charge < -0.3 is 0 Å². The Labute approximate surface area is 154 Å². The fraction of sp³-hybridized carbons (Fsp3) is 0.300. The molecule has 1 saturated carbocycles. The normalized spacial score (nSPS) is 21.8. The Morgan fingerprint density at radius 2 is 1.76 bits per heavy atom. The van der Waals surface area contributed by atoms with Gasteiger partial charge in [0.05, 0.1) is 16.6 Å². The molecule has 2 heterocycles. The molecule has 0 aromatic heterocycles. The average molecular weight is 374 g/mol. The third-order valence-corrected chi connectivity index (χ3v) is 7.71. The SMILES string of the molecule is C=C1C2CC1N(S(=O)(=O)c1c(C)cc(C)cc1C)c1ccc(Cl)cc12. The second-order valence-electron chi connectivity index (χ2n) is 7.11. The fourth-order valence-corrected chi connectivity index (χ4v) is 6.60. The third-order valence-electron chi connectivity index (χ3n) is 5.34. The Hall–Kier alpha value is -1.78. The number of benzene rings is 2. The Morgan fingerprint density at radius 1 is 1.12 bits per heavy atom. The van der Waals surface area contributed by atoms with Crippen LogP contribution in [0.1, 0.15) is 34.6 Å². The van der Waals surface area contributed by atoms with Gasteiger partial charge in [0.25, 0.3) is 10.0 Å². The van der Waals surface area contributed by atoms with Crippen molar-refractivity contribution in [3.05, 3.63) is 69.8 Å². The molecule has 1 aliphatic carbocycles. The van der Waals surface area contributed by atoms with Gasteiger partial charge in [0.15, 0.2) is 0 Å². The topological polar surface area (TPSA) is 37.4 Å². The van der Waals surface area contributed by atoms with Crippen LogP contribution in [0.2, 0.25) is 5.02 Å². The minimum Gasteiger partial charge on any atom is -0.259 e. The largest absolute Gasteiger partial charge is 0.265 e. The lowest BCUT2D eigenvalue weighted by atomic mass is 9.68. The van der Waals surface area contributed by atoms with Gasteiger partial charge in [-0.25, -0.2) is 8.42 Å². The summed E-state index contributed by atoms with van der Waals surface area (Å²) in [4.78, 5) is 0.400. The van der Waals surface area contributed by atoms with Gasteiger partial charge in [-0.15, -0.1) is 0 Å². The highest BCUT2D eigenvalue weighted by atomic mass is 35.5. The van der Waals surface area contributed by atoms with Crippen LogP contribution in [0.4, 0.5) is 5.69 Å². The molecule has 0 spiro atoms. The summed E-state index contributed by atoms with van der Waals surface area (Å²) in [5.74, 6) is 0.213. The summed E-state index contributed by atoms with van der Waals surface area (Å²) < 4.78 is 28.8. The molecule has 1 fully saturated rings. The molecule has 25 heavy (non-hydrogen) atoms. The van der Waals surface area contributed by atoms with Crippen LogP contribution >= 0.6 is 11.6 Å². The molecular weight excluding hydrogens is 354 g/mol. The first-order valence-electron chi connectivity index (χ1n) is 8.32. The van der Waals surface area contributed by atoms with Crippen molar-refractivity contribution >= 4 is 27.3 Å². The van der Waals surface area contributed by atoms with Gasteiger partial charge in [0.2, 0.25) is 0 Å². The maximum atomic E-state index is 13.6. The summed E-state index contributed by atoms with van der Waals surface area (Å²) in [6.45, 7) is 9.84. The molecule has 3 aliphatic rings. The molecule has 0 saturated heterocycles. The lowest BCUT2D eigenvalue weighted by Gasteiger charge is -2.52. The van der Waals surface area contributed by atoms with Crippen molar-refractivity contribution in [1.29, 1.82) is 0 Å². The van der Waals surface area contributed by atoms with E-state index in [1.807, 2.05) is 45.0 Å². The van der Waals surface area contributed by atoms with Gasteiger partial charge in [-0.1, -0.05) is 35.9 Å². The predicted octanol–water partition coefficient (Wildman–Crippen LogP) is 4.89. The zero-order chi connectivity index (χ0) is 18.1. The monoisotopic (exact) mass is 373 g/mol. The van der Waals surface area contributed by atoms with Crippen LogP contribution in [0.5, 0.6) is 0 Å². The van der Waals surface area contributed by atoms with E-state index >= 15 is 0 Å². The smallest absolute Gasteiger partial charge is 0.259 e. The minimum absolute atomic E-state index is 0.163. The van der Waals surface area contributed by atoms with E-state index in [0.29, 0.717) is 9.92 Å². The van der Waals surface area contributed by atoms with Gasteiger partial charge in [-0.3, -0.25) is 4.31 Å². The molecule has 2 aromatic carbocycles. The van der Waals surface area contributed by atoms with Crippen LogP contribution in [0.25, 0.3) is 0 Å². The Kier molecular flexibility index (Phi) is 3.57. The number of anilines is 1. The van der Waals surface area contributed by atoms with Crippen LogP contribution in [0, 0.1) is 20.8 Å². The molecule has 0 radical (unpaired) electrons. The zero-order valence-corrected chi connectivity index (χ0v) is 16.1. The second kappa shape index (κ2) is 5.36. The Bertz CT molecular complexity index is 1000. The molecule has 2 aromatic rings. The predicted molar refractivity (Wildman–Crippen MR) is 102 cm³/mol. The van der Waals surface area contributed by atoms with Crippen LogP contribution in [-0.4, -0.2) is 14.5 Å². The maximum absolute atomic E-state index is 13.6. The summed E-state index contributed by atoms with van der Waals surface area (Å²) in [5, 5.41) is 0.622. The van der Waals surface area contributed by atoms with Crippen molar-refractivity contribution in [1.82, 2.24) is 0 Å². The number of aryl methyl sites for hydroxylation is 3. The summed E-state index contributed by atoms with van der Waals surface area (Å²) >= 11 is 6.16. The molecule has 2 unspecified atom stereocenters. The van der Waals surface area contributed by atoms with Crippen molar-refractivity contribution in [2.75, 3.05) is 4.31 Å². The van der Waals surface area contributed by atoms with E-state index in [1.54, 1.807) is 10.4 Å². The second-order valence-corrected chi connectivity index (χ2v) is 9.30. The van der Waals surface area contributed by atoms with E-state index < -0.39 is 10.0 Å². The number of nitrogens with zero attached hydrogens (tertiary/aromatic N) is 1. The van der Waals surface area contributed by atoms with Crippen LogP contribution in [0.3, 0.4) is 0 Å². The van der Waals surface area contributed by atoms with Crippen molar-refractivity contribution in [2.24, 2.45) is 0 Å². The summed E-state index contributed by atoms with van der Waals surface area (Å²) in [7, 11) is -3.68. The highest BCUT2D eigenvalue weighted by molar-refractivity contribution is 7.93. The van der Waals surface area contributed by atoms with Gasteiger partial charge in [-0.05, 0) is 67.7 Å². The maximum Gasteiger partial charge on any atom is 0.265 e. The summed E-state index contributed by atoms with van der Waals surface area (Å²) in [5.41, 5.74) is 5.28. The van der Waals surface area contributed by atoms with E-state index in [-0.39, 0.29) is 12.0 Å². The number of hydrogen-bond acceptors (Lipinski definition) is 2. The average Bonchev–Trinajstić information content (AvgIpc) is 2.51. The minimum atomic E-state index is -3.68. The molecule has 5 rings (SSSR count). The molecule has 2 atom stereocenters. The first-order chi connectivity index (χ1) is 11.7. The molecule has 0 amide bonds. The van der Waals surface area contributed by atoms with E-state index in [2.05, 4.69) is 6.58 Å². The van der Waals surface area contributed by atoms with Crippen molar-refractivity contribution in [3.63, 3.8) is 0 Å². The number of sulfonamides is 1. The molecule has 5 heteroatoms. The highest BCUT2D eigenvalue weighted by Crippen LogP contribution is 2.55. The molecular formula is C20H20ClNO2S. The molecule has 0 N–H and O–H groups in total. The zero-order valence-electron chi connectivity index (χ0n) is 14.5. The van der Waals surface area contributed by atoms with E-state index in [0.717, 1.165) is 39.9 Å². The van der Waals surface area contributed by atoms with Gasteiger partial charge >= 0.3 is 0 Å². The summed E-state index contributed by atoms with van der Waals surface area (Å²) in [6, 6.07) is 9.13. The first kappa shape index (κ1) is 16.7. The molecule has 2 bridgehead atoms. The van der Waals surface area contributed by atoms with E-state index in [9.17, 15) is 8.42 Å². The number of hydrogen-bond donors (Lipinski definition) is 0. The molecule has 2 aliphatic heterocycles. The van der Waals surface area contributed by atoms with E-state index in [1.165, 1.54) is 0 Å². The van der Waals surface area contributed by atoms with Crippen molar-refractivity contribution in [2.45, 2.75) is 44.0 Å². The van der Waals surface area contributed by atoms with Crippen LogP contribution in [-0.2, 0) is 10.0 Å². The van der Waals surface area contributed by atoms with Crippen molar-refractivity contribution in [3.8, 4) is 0 Å². The molecule has 130 valence electrons. The Morgan fingerprint density at radius 3 is 2.36 bits per heavy atom. The van der Waals surface area contributed by atoms with Gasteiger partial charge in [0.1, 0.15) is 0 Å². The first-order valence-corrected chi connectivity index (χ1v) is 10.1. The van der Waals surface area contributed by atoms with Gasteiger partial charge in [0, 0.05) is 10.9 Å². The quantitative estimate of drug-likeness (QED) is 0.703. The third kappa shape index (κ3) is 2.27. The Balaban J connectivity index is 1.95. The summed E-state index contributed by atoms with van der Waals surface area (Å²) in [6.07, 6.45) is 0.773. The standard InChI is InChI=1S/C20H20ClNO2S/c1-11-7-12(2)20(13(3)8-11)25(23,24)22-18-6-5-15(21)9-17(18)16-10-19(22)14(16)4/h5-9,16,19H,4,10H2,1-3H3. The van der Waals surface area contributed by atoms with Gasteiger partial charge in [-0.2, -0.15) is 0 Å². The fourth-order valence-electron chi connectivity index (χ4n) is 4.31. The lowest BCUT2D eigenvalue weighted by molar-refractivity contribution is 0.455. The van der Waals surface area contributed by atoms with Crippen LogP contribution < -0.4 is 4.31 Å². The van der Waals surface area contributed by atoms with Crippen LogP contribution in [0.15, 0.2) is 47.4 Å². The highest BCUT2D eigenvalue weighted by Gasteiger charge is 2.50. The molecule has 3 nitrogen and oxygen atoms in total. The number of rotatable bonds is 2. The lowest BCUT2D eigenvalue weighted by Crippen LogP contribution is -2.53. The van der Waals surface area contributed by atoms with Crippen molar-refractivity contribution < 1.29 is 8.42 Å².